The first-order valence-electron chi connectivity index (χ1n) is 6.48. The van der Waals surface area contributed by atoms with Crippen LogP contribution in [-0.4, -0.2) is 32.9 Å². The molecule has 19 heavy (non-hydrogen) atoms. The van der Waals surface area contributed by atoms with Gasteiger partial charge in [0.2, 0.25) is 5.75 Å². The second kappa shape index (κ2) is 6.66. The van der Waals surface area contributed by atoms with Gasteiger partial charge in [0.15, 0.2) is 11.5 Å². The third-order valence-electron chi connectivity index (χ3n) is 2.61. The van der Waals surface area contributed by atoms with Crippen LogP contribution in [0.3, 0.4) is 0 Å². The van der Waals surface area contributed by atoms with E-state index in [2.05, 4.69) is 26.1 Å². The summed E-state index contributed by atoms with van der Waals surface area (Å²) in [6.07, 6.45) is 0. The molecule has 1 aromatic carbocycles. The molecule has 0 fully saturated rings. The van der Waals surface area contributed by atoms with E-state index in [1.54, 1.807) is 14.2 Å². The first-order chi connectivity index (χ1) is 8.87. The maximum Gasteiger partial charge on any atom is 0.203 e. The van der Waals surface area contributed by atoms with Crippen LogP contribution >= 0.6 is 0 Å². The quantitative estimate of drug-likeness (QED) is 0.805. The third-order valence-corrected chi connectivity index (χ3v) is 2.61. The van der Waals surface area contributed by atoms with Gasteiger partial charge in [-0.25, -0.2) is 0 Å². The van der Waals surface area contributed by atoms with Gasteiger partial charge in [0.1, 0.15) is 6.61 Å². The lowest BCUT2D eigenvalue weighted by molar-refractivity contribution is 0.261. The van der Waals surface area contributed by atoms with E-state index in [1.807, 2.05) is 19.1 Å². The SMILES string of the molecule is COc1cc(C)cc(OC)c1OCCNC(C)(C)C. The number of aryl methyl sites for hydroxylation is 1. The van der Waals surface area contributed by atoms with Gasteiger partial charge in [0.25, 0.3) is 0 Å². The molecule has 0 aliphatic carbocycles. The molecule has 0 aliphatic rings. The van der Waals surface area contributed by atoms with Crippen molar-refractivity contribution in [3.8, 4) is 17.2 Å². The molecule has 0 aromatic heterocycles. The molecule has 0 radical (unpaired) electrons. The summed E-state index contributed by atoms with van der Waals surface area (Å²) >= 11 is 0. The van der Waals surface area contributed by atoms with Crippen LogP contribution < -0.4 is 19.5 Å². The van der Waals surface area contributed by atoms with Gasteiger partial charge < -0.3 is 19.5 Å². The van der Waals surface area contributed by atoms with Gasteiger partial charge in [0.05, 0.1) is 14.2 Å². The highest BCUT2D eigenvalue weighted by Crippen LogP contribution is 2.38. The highest BCUT2D eigenvalue weighted by molar-refractivity contribution is 5.53. The zero-order valence-corrected chi connectivity index (χ0v) is 12.8. The fraction of sp³-hybridized carbons (Fsp3) is 0.600. The summed E-state index contributed by atoms with van der Waals surface area (Å²) in [6, 6.07) is 3.88. The molecule has 0 saturated heterocycles. The van der Waals surface area contributed by atoms with Gasteiger partial charge in [-0.3, -0.25) is 0 Å². The van der Waals surface area contributed by atoms with Crippen molar-refractivity contribution in [2.24, 2.45) is 0 Å². The number of hydrogen-bond donors (Lipinski definition) is 1. The second-order valence-corrected chi connectivity index (χ2v) is 5.52. The van der Waals surface area contributed by atoms with Gasteiger partial charge >= 0.3 is 0 Å². The minimum Gasteiger partial charge on any atom is -0.493 e. The Hall–Kier alpha value is -1.42. The predicted molar refractivity (Wildman–Crippen MR) is 77.5 cm³/mol. The maximum absolute atomic E-state index is 5.79. The first kappa shape index (κ1) is 15.6. The predicted octanol–water partition coefficient (Wildman–Crippen LogP) is 2.78. The average Bonchev–Trinajstić information content (AvgIpc) is 2.33. The second-order valence-electron chi connectivity index (χ2n) is 5.52. The van der Waals surface area contributed by atoms with E-state index < -0.39 is 0 Å². The Labute approximate surface area is 116 Å². The van der Waals surface area contributed by atoms with Gasteiger partial charge in [0, 0.05) is 12.1 Å². The third kappa shape index (κ3) is 4.99. The van der Waals surface area contributed by atoms with E-state index in [0.29, 0.717) is 23.9 Å². The molecule has 0 aliphatic heterocycles. The van der Waals surface area contributed by atoms with Crippen LogP contribution in [0.15, 0.2) is 12.1 Å². The monoisotopic (exact) mass is 267 g/mol. The van der Waals surface area contributed by atoms with E-state index in [0.717, 1.165) is 12.1 Å². The van der Waals surface area contributed by atoms with Crippen molar-refractivity contribution in [2.45, 2.75) is 33.2 Å². The van der Waals surface area contributed by atoms with E-state index in [9.17, 15) is 0 Å². The van der Waals surface area contributed by atoms with Crippen molar-refractivity contribution < 1.29 is 14.2 Å². The number of benzene rings is 1. The van der Waals surface area contributed by atoms with Crippen molar-refractivity contribution >= 4 is 0 Å². The molecule has 4 heteroatoms. The van der Waals surface area contributed by atoms with Crippen LogP contribution in [0, 0.1) is 6.92 Å². The van der Waals surface area contributed by atoms with Gasteiger partial charge in [-0.15, -0.1) is 0 Å². The smallest absolute Gasteiger partial charge is 0.203 e. The summed E-state index contributed by atoms with van der Waals surface area (Å²) in [5, 5.41) is 3.37. The molecule has 108 valence electrons. The van der Waals surface area contributed by atoms with E-state index in [-0.39, 0.29) is 5.54 Å². The minimum atomic E-state index is 0.0881. The van der Waals surface area contributed by atoms with Crippen molar-refractivity contribution in [1.82, 2.24) is 5.32 Å². The lowest BCUT2D eigenvalue weighted by Crippen LogP contribution is -2.38. The van der Waals surface area contributed by atoms with Crippen LogP contribution in [0.4, 0.5) is 0 Å². The Kier molecular flexibility index (Phi) is 5.48. The summed E-state index contributed by atoms with van der Waals surface area (Å²) in [4.78, 5) is 0. The van der Waals surface area contributed by atoms with Gasteiger partial charge in [-0.2, -0.15) is 0 Å². The first-order valence-corrected chi connectivity index (χ1v) is 6.48. The normalized spacial score (nSPS) is 11.3. The van der Waals surface area contributed by atoms with Crippen molar-refractivity contribution in [2.75, 3.05) is 27.4 Å². The summed E-state index contributed by atoms with van der Waals surface area (Å²) in [5.41, 5.74) is 1.17. The largest absolute Gasteiger partial charge is 0.493 e. The summed E-state index contributed by atoms with van der Waals surface area (Å²) in [5.74, 6) is 2.06. The Morgan fingerprint density at radius 3 is 2.00 bits per heavy atom. The van der Waals surface area contributed by atoms with Crippen LogP contribution in [-0.2, 0) is 0 Å². The number of methoxy groups -OCH3 is 2. The summed E-state index contributed by atoms with van der Waals surface area (Å²) < 4.78 is 16.5. The van der Waals surface area contributed by atoms with E-state index in [1.165, 1.54) is 0 Å². The molecular formula is C15H25NO3. The molecule has 1 N–H and O–H groups in total. The Balaban J connectivity index is 2.71. The molecule has 1 aromatic rings. The van der Waals surface area contributed by atoms with Crippen molar-refractivity contribution in [3.05, 3.63) is 17.7 Å². The fourth-order valence-electron chi connectivity index (χ4n) is 1.73. The summed E-state index contributed by atoms with van der Waals surface area (Å²) in [7, 11) is 3.27. The Bertz CT molecular complexity index is 385. The van der Waals surface area contributed by atoms with Crippen LogP contribution in [0.2, 0.25) is 0 Å². The fourth-order valence-corrected chi connectivity index (χ4v) is 1.73. The Morgan fingerprint density at radius 2 is 1.58 bits per heavy atom. The molecular weight excluding hydrogens is 242 g/mol. The minimum absolute atomic E-state index is 0.0881. The highest BCUT2D eigenvalue weighted by Gasteiger charge is 2.13. The Morgan fingerprint density at radius 1 is 1.05 bits per heavy atom. The van der Waals surface area contributed by atoms with Crippen LogP contribution in [0.1, 0.15) is 26.3 Å². The highest BCUT2D eigenvalue weighted by atomic mass is 16.5. The topological polar surface area (TPSA) is 39.7 Å². The molecule has 4 nitrogen and oxygen atoms in total. The lowest BCUT2D eigenvalue weighted by Gasteiger charge is -2.21. The molecule has 0 atom stereocenters. The number of nitrogens with one attached hydrogen (secondary N) is 1. The zero-order valence-electron chi connectivity index (χ0n) is 12.8. The maximum atomic E-state index is 5.79. The number of ether oxygens (including phenoxy) is 3. The number of hydrogen-bond acceptors (Lipinski definition) is 4. The number of rotatable bonds is 6. The van der Waals surface area contributed by atoms with Crippen LogP contribution in [0.5, 0.6) is 17.2 Å². The standard InChI is InChI=1S/C15H25NO3/c1-11-9-12(17-5)14(13(10-11)18-6)19-8-7-16-15(2,3)4/h9-10,16H,7-8H2,1-6H3. The molecule has 0 heterocycles. The molecule has 1 rings (SSSR count). The van der Waals surface area contributed by atoms with Crippen molar-refractivity contribution in [3.63, 3.8) is 0 Å². The molecule has 0 saturated carbocycles. The van der Waals surface area contributed by atoms with Crippen molar-refractivity contribution in [1.29, 1.82) is 0 Å². The summed E-state index contributed by atoms with van der Waals surface area (Å²) in [6.45, 7) is 9.70. The molecule has 0 bridgehead atoms. The molecule has 0 spiro atoms. The van der Waals surface area contributed by atoms with E-state index >= 15 is 0 Å². The van der Waals surface area contributed by atoms with Gasteiger partial charge in [-0.05, 0) is 45.4 Å². The molecule has 0 amide bonds. The van der Waals surface area contributed by atoms with Gasteiger partial charge in [-0.1, -0.05) is 0 Å². The average molecular weight is 267 g/mol. The lowest BCUT2D eigenvalue weighted by atomic mass is 10.1. The zero-order chi connectivity index (χ0) is 14.5. The van der Waals surface area contributed by atoms with E-state index in [4.69, 9.17) is 14.2 Å². The molecule has 0 unspecified atom stereocenters. The van der Waals surface area contributed by atoms with Crippen LogP contribution in [0.25, 0.3) is 0 Å².